The molecule has 1 aliphatic rings. The van der Waals surface area contributed by atoms with Crippen LogP contribution < -0.4 is 5.32 Å². The van der Waals surface area contributed by atoms with E-state index in [9.17, 15) is 4.79 Å². The van der Waals surface area contributed by atoms with Gasteiger partial charge in [0.05, 0.1) is 0 Å². The molecule has 2 rings (SSSR count). The Labute approximate surface area is 107 Å². The molecule has 0 aromatic carbocycles. The molecule has 0 saturated carbocycles. The van der Waals surface area contributed by atoms with Crippen molar-refractivity contribution >= 4 is 5.91 Å². The average Bonchev–Trinajstić information content (AvgIpc) is 2.89. The number of piperidine rings is 1. The summed E-state index contributed by atoms with van der Waals surface area (Å²) in [5.74, 6) is 0.796. The zero-order valence-corrected chi connectivity index (χ0v) is 10.9. The molecule has 1 saturated heterocycles. The number of carbonyl (C=O) groups is 1. The van der Waals surface area contributed by atoms with E-state index in [2.05, 4.69) is 25.4 Å². The van der Waals surface area contributed by atoms with Crippen molar-refractivity contribution in [1.29, 1.82) is 0 Å². The molecule has 1 aliphatic heterocycles. The molecule has 2 N–H and O–H groups in total. The van der Waals surface area contributed by atoms with Crippen LogP contribution in [0.4, 0.5) is 0 Å². The van der Waals surface area contributed by atoms with Gasteiger partial charge in [-0.2, -0.15) is 0 Å². The number of amides is 1. The average molecular weight is 251 g/mol. The van der Waals surface area contributed by atoms with E-state index < -0.39 is 0 Å². The van der Waals surface area contributed by atoms with Gasteiger partial charge < -0.3 is 10.2 Å². The smallest absolute Gasteiger partial charge is 0.291 e. The molecule has 18 heavy (non-hydrogen) atoms. The fourth-order valence-corrected chi connectivity index (χ4v) is 2.14. The highest BCUT2D eigenvalue weighted by Crippen LogP contribution is 2.07. The molecule has 2 heterocycles. The van der Waals surface area contributed by atoms with Crippen molar-refractivity contribution in [3.8, 4) is 0 Å². The van der Waals surface area contributed by atoms with Gasteiger partial charge in [-0.15, -0.1) is 5.10 Å². The number of nitrogens with zero attached hydrogens (tertiary/aromatic N) is 3. The minimum absolute atomic E-state index is 0.192. The Morgan fingerprint density at radius 2 is 2.17 bits per heavy atom. The highest BCUT2D eigenvalue weighted by molar-refractivity contribution is 5.90. The van der Waals surface area contributed by atoms with Crippen LogP contribution >= 0.6 is 0 Å². The van der Waals surface area contributed by atoms with E-state index in [1.165, 1.54) is 19.3 Å². The van der Waals surface area contributed by atoms with Crippen LogP contribution in [-0.4, -0.2) is 52.2 Å². The quantitative estimate of drug-likeness (QED) is 0.803. The summed E-state index contributed by atoms with van der Waals surface area (Å²) in [6.45, 7) is 5.84. The van der Waals surface area contributed by atoms with Gasteiger partial charge in [-0.25, -0.2) is 4.98 Å². The Balaban J connectivity index is 1.70. The van der Waals surface area contributed by atoms with E-state index in [-0.39, 0.29) is 11.7 Å². The van der Waals surface area contributed by atoms with Crippen LogP contribution in [0.5, 0.6) is 0 Å². The van der Waals surface area contributed by atoms with Gasteiger partial charge in [-0.05, 0) is 25.9 Å². The van der Waals surface area contributed by atoms with Crippen LogP contribution in [0.3, 0.4) is 0 Å². The topological polar surface area (TPSA) is 73.9 Å². The number of carbonyl (C=O) groups excluding carboxylic acids is 1. The molecule has 0 atom stereocenters. The first kappa shape index (κ1) is 13.0. The SMILES string of the molecule is CCc1nc(C(=O)NCCN2CCCCC2)n[nH]1. The fraction of sp³-hybridized carbons (Fsp3) is 0.750. The minimum Gasteiger partial charge on any atom is -0.348 e. The monoisotopic (exact) mass is 251 g/mol. The molecule has 6 heteroatoms. The molecule has 1 fully saturated rings. The number of likely N-dealkylation sites (tertiary alicyclic amines) is 1. The Hall–Kier alpha value is -1.43. The Bertz CT molecular complexity index is 384. The number of rotatable bonds is 5. The van der Waals surface area contributed by atoms with E-state index in [1.54, 1.807) is 0 Å². The minimum atomic E-state index is -0.192. The van der Waals surface area contributed by atoms with Crippen molar-refractivity contribution in [2.75, 3.05) is 26.2 Å². The Kier molecular flexibility index (Phi) is 4.69. The second kappa shape index (κ2) is 6.49. The van der Waals surface area contributed by atoms with E-state index in [0.717, 1.165) is 31.9 Å². The third-order valence-electron chi connectivity index (χ3n) is 3.23. The molecule has 0 unspecified atom stereocenters. The molecule has 0 aliphatic carbocycles. The van der Waals surface area contributed by atoms with Crippen molar-refractivity contribution in [3.05, 3.63) is 11.6 Å². The number of aromatic amines is 1. The number of H-pyrrole nitrogens is 1. The summed E-state index contributed by atoms with van der Waals surface area (Å²) in [6.07, 6.45) is 4.64. The van der Waals surface area contributed by atoms with Gasteiger partial charge in [0.25, 0.3) is 5.91 Å². The second-order valence-corrected chi connectivity index (χ2v) is 4.62. The molecule has 0 bridgehead atoms. The maximum atomic E-state index is 11.7. The normalized spacial score (nSPS) is 16.7. The van der Waals surface area contributed by atoms with Gasteiger partial charge in [0.15, 0.2) is 0 Å². The predicted octanol–water partition coefficient (Wildman–Crippen LogP) is 0.583. The number of hydrogen-bond acceptors (Lipinski definition) is 4. The number of nitrogens with one attached hydrogen (secondary N) is 2. The van der Waals surface area contributed by atoms with Gasteiger partial charge in [-0.1, -0.05) is 13.3 Å². The molecule has 0 spiro atoms. The van der Waals surface area contributed by atoms with E-state index in [4.69, 9.17) is 0 Å². The fourth-order valence-electron chi connectivity index (χ4n) is 2.14. The van der Waals surface area contributed by atoms with Crippen molar-refractivity contribution in [2.24, 2.45) is 0 Å². The van der Waals surface area contributed by atoms with Crippen molar-refractivity contribution in [2.45, 2.75) is 32.6 Å². The largest absolute Gasteiger partial charge is 0.348 e. The lowest BCUT2D eigenvalue weighted by atomic mass is 10.1. The molecule has 1 aromatic heterocycles. The lowest BCUT2D eigenvalue weighted by molar-refractivity contribution is 0.0936. The van der Waals surface area contributed by atoms with E-state index in [1.807, 2.05) is 6.92 Å². The molecule has 100 valence electrons. The van der Waals surface area contributed by atoms with Crippen LogP contribution in [0.1, 0.15) is 42.6 Å². The van der Waals surface area contributed by atoms with Crippen molar-refractivity contribution in [3.63, 3.8) is 0 Å². The van der Waals surface area contributed by atoms with Crippen LogP contribution in [0.25, 0.3) is 0 Å². The maximum absolute atomic E-state index is 11.7. The third-order valence-corrected chi connectivity index (χ3v) is 3.23. The first-order chi connectivity index (χ1) is 8.79. The number of hydrogen-bond donors (Lipinski definition) is 2. The van der Waals surface area contributed by atoms with E-state index in [0.29, 0.717) is 6.54 Å². The van der Waals surface area contributed by atoms with Crippen molar-refractivity contribution < 1.29 is 4.79 Å². The lowest BCUT2D eigenvalue weighted by Gasteiger charge is -2.26. The summed E-state index contributed by atoms with van der Waals surface area (Å²) in [6, 6.07) is 0. The summed E-state index contributed by atoms with van der Waals surface area (Å²) in [7, 11) is 0. The summed E-state index contributed by atoms with van der Waals surface area (Å²) < 4.78 is 0. The van der Waals surface area contributed by atoms with Crippen LogP contribution in [0.2, 0.25) is 0 Å². The third kappa shape index (κ3) is 3.53. The van der Waals surface area contributed by atoms with Crippen LogP contribution in [-0.2, 0) is 6.42 Å². The van der Waals surface area contributed by atoms with Crippen molar-refractivity contribution in [1.82, 2.24) is 25.4 Å². The molecule has 1 aromatic rings. The first-order valence-corrected chi connectivity index (χ1v) is 6.71. The number of aromatic nitrogens is 3. The highest BCUT2D eigenvalue weighted by Gasteiger charge is 2.13. The number of aryl methyl sites for hydroxylation is 1. The maximum Gasteiger partial charge on any atom is 0.291 e. The van der Waals surface area contributed by atoms with Crippen LogP contribution in [0.15, 0.2) is 0 Å². The molecular formula is C12H21N5O. The summed E-state index contributed by atoms with van der Waals surface area (Å²) in [4.78, 5) is 18.2. The summed E-state index contributed by atoms with van der Waals surface area (Å²) >= 11 is 0. The summed E-state index contributed by atoms with van der Waals surface area (Å²) in [5, 5.41) is 9.49. The van der Waals surface area contributed by atoms with Gasteiger partial charge in [0.2, 0.25) is 5.82 Å². The van der Waals surface area contributed by atoms with Crippen LogP contribution in [0, 0.1) is 0 Å². The standard InChI is InChI=1S/C12H21N5O/c1-2-10-14-11(16-15-10)12(18)13-6-9-17-7-4-3-5-8-17/h2-9H2,1H3,(H,13,18)(H,14,15,16). The zero-order valence-electron chi connectivity index (χ0n) is 10.9. The predicted molar refractivity (Wildman–Crippen MR) is 68.4 cm³/mol. The first-order valence-electron chi connectivity index (χ1n) is 6.71. The van der Waals surface area contributed by atoms with Gasteiger partial charge in [-0.3, -0.25) is 9.89 Å². The van der Waals surface area contributed by atoms with Gasteiger partial charge in [0, 0.05) is 19.5 Å². The second-order valence-electron chi connectivity index (χ2n) is 4.62. The van der Waals surface area contributed by atoms with E-state index >= 15 is 0 Å². The molecule has 1 amide bonds. The molecule has 6 nitrogen and oxygen atoms in total. The van der Waals surface area contributed by atoms with Gasteiger partial charge >= 0.3 is 0 Å². The Morgan fingerprint density at radius 3 is 2.83 bits per heavy atom. The molecular weight excluding hydrogens is 230 g/mol. The highest BCUT2D eigenvalue weighted by atomic mass is 16.2. The molecule has 0 radical (unpaired) electrons. The van der Waals surface area contributed by atoms with Gasteiger partial charge in [0.1, 0.15) is 5.82 Å². The summed E-state index contributed by atoms with van der Waals surface area (Å²) in [5.41, 5.74) is 0. The zero-order chi connectivity index (χ0) is 12.8. The Morgan fingerprint density at radius 1 is 1.39 bits per heavy atom. The lowest BCUT2D eigenvalue weighted by Crippen LogP contribution is -2.37.